The molecule has 0 heterocycles. The van der Waals surface area contributed by atoms with Crippen LogP contribution in [-0.2, 0) is 11.2 Å². The van der Waals surface area contributed by atoms with Crippen LogP contribution in [0.5, 0.6) is 0 Å². The number of anilines is 1. The molecule has 0 bridgehead atoms. The summed E-state index contributed by atoms with van der Waals surface area (Å²) in [5, 5.41) is 2.89. The van der Waals surface area contributed by atoms with E-state index in [9.17, 15) is 4.79 Å². The monoisotopic (exact) mass is 285 g/mol. The smallest absolute Gasteiger partial charge is 0.234 e. The van der Waals surface area contributed by atoms with Gasteiger partial charge >= 0.3 is 0 Å². The zero-order valence-corrected chi connectivity index (χ0v) is 12.2. The largest absolute Gasteiger partial charge is 0.325 e. The summed E-state index contributed by atoms with van der Waals surface area (Å²) < 4.78 is 0. The predicted octanol–water partition coefficient (Wildman–Crippen LogP) is 3.99. The van der Waals surface area contributed by atoms with Crippen LogP contribution in [0.4, 0.5) is 5.69 Å². The number of hydrogen-bond acceptors (Lipinski definition) is 2. The average molecular weight is 285 g/mol. The topological polar surface area (TPSA) is 29.1 Å². The van der Waals surface area contributed by atoms with E-state index in [-0.39, 0.29) is 5.91 Å². The van der Waals surface area contributed by atoms with Gasteiger partial charge in [-0.05, 0) is 36.3 Å². The van der Waals surface area contributed by atoms with E-state index in [1.54, 1.807) is 11.8 Å². The molecule has 1 N–H and O–H groups in total. The number of amides is 1. The molecule has 0 fully saturated rings. The molecular weight excluding hydrogens is 266 g/mol. The van der Waals surface area contributed by atoms with Gasteiger partial charge in [-0.3, -0.25) is 4.79 Å². The first-order valence-corrected chi connectivity index (χ1v) is 7.96. The fourth-order valence-electron chi connectivity index (χ4n) is 1.91. The standard InChI is InChI=1S/C17H19NOS/c19-17(18-16-11-5-2-6-12-16)14-20-13-7-10-15-8-3-1-4-9-15/h1-6,8-9,11-12H,7,10,13-14H2,(H,18,19). The minimum Gasteiger partial charge on any atom is -0.325 e. The number of hydrogen-bond donors (Lipinski definition) is 1. The molecule has 0 aliphatic rings. The normalized spacial score (nSPS) is 10.2. The highest BCUT2D eigenvalue weighted by Gasteiger charge is 2.02. The number of benzene rings is 2. The maximum absolute atomic E-state index is 11.7. The van der Waals surface area contributed by atoms with Gasteiger partial charge in [0.1, 0.15) is 0 Å². The zero-order valence-electron chi connectivity index (χ0n) is 11.4. The lowest BCUT2D eigenvalue weighted by molar-refractivity contribution is -0.113. The van der Waals surface area contributed by atoms with Gasteiger partial charge in [0.05, 0.1) is 5.75 Å². The first-order valence-electron chi connectivity index (χ1n) is 6.81. The molecule has 0 saturated heterocycles. The predicted molar refractivity (Wildman–Crippen MR) is 87.2 cm³/mol. The Hall–Kier alpha value is -1.74. The molecule has 1 amide bonds. The van der Waals surface area contributed by atoms with Crippen LogP contribution in [0.2, 0.25) is 0 Å². The van der Waals surface area contributed by atoms with Gasteiger partial charge in [-0.15, -0.1) is 0 Å². The van der Waals surface area contributed by atoms with Crippen LogP contribution in [0.25, 0.3) is 0 Å². The molecule has 0 aromatic heterocycles. The third-order valence-electron chi connectivity index (χ3n) is 2.89. The second-order valence-electron chi connectivity index (χ2n) is 4.56. The lowest BCUT2D eigenvalue weighted by Gasteiger charge is -2.05. The summed E-state index contributed by atoms with van der Waals surface area (Å²) in [4.78, 5) is 11.7. The second kappa shape index (κ2) is 8.43. The zero-order chi connectivity index (χ0) is 14.0. The number of carbonyl (C=O) groups excluding carboxylic acids is 1. The van der Waals surface area contributed by atoms with E-state index in [1.165, 1.54) is 5.56 Å². The molecule has 2 aromatic rings. The van der Waals surface area contributed by atoms with E-state index in [2.05, 4.69) is 29.6 Å². The van der Waals surface area contributed by atoms with Crippen molar-refractivity contribution >= 4 is 23.4 Å². The van der Waals surface area contributed by atoms with Gasteiger partial charge in [0.15, 0.2) is 0 Å². The highest BCUT2D eigenvalue weighted by molar-refractivity contribution is 7.99. The van der Waals surface area contributed by atoms with Crippen molar-refractivity contribution in [3.8, 4) is 0 Å². The van der Waals surface area contributed by atoms with E-state index in [0.29, 0.717) is 5.75 Å². The Morgan fingerprint density at radius 3 is 2.30 bits per heavy atom. The highest BCUT2D eigenvalue weighted by Crippen LogP contribution is 2.10. The molecule has 0 aliphatic heterocycles. The fourth-order valence-corrected chi connectivity index (χ4v) is 2.66. The molecule has 0 spiro atoms. The van der Waals surface area contributed by atoms with Gasteiger partial charge < -0.3 is 5.32 Å². The molecule has 0 radical (unpaired) electrons. The van der Waals surface area contributed by atoms with Crippen LogP contribution < -0.4 is 5.32 Å². The molecule has 3 heteroatoms. The Morgan fingerprint density at radius 1 is 0.950 bits per heavy atom. The van der Waals surface area contributed by atoms with Crippen LogP contribution in [0, 0.1) is 0 Å². The fraction of sp³-hybridized carbons (Fsp3) is 0.235. The summed E-state index contributed by atoms with van der Waals surface area (Å²) in [6.45, 7) is 0. The first-order chi connectivity index (χ1) is 9.84. The van der Waals surface area contributed by atoms with Crippen molar-refractivity contribution < 1.29 is 4.79 Å². The van der Waals surface area contributed by atoms with Crippen molar-refractivity contribution in [1.82, 2.24) is 0 Å². The molecule has 0 unspecified atom stereocenters. The van der Waals surface area contributed by atoms with E-state index in [4.69, 9.17) is 0 Å². The summed E-state index contributed by atoms with van der Waals surface area (Å²) >= 11 is 1.69. The lowest BCUT2D eigenvalue weighted by atomic mass is 10.1. The van der Waals surface area contributed by atoms with Crippen molar-refractivity contribution in [2.45, 2.75) is 12.8 Å². The van der Waals surface area contributed by atoms with Gasteiger partial charge in [-0.1, -0.05) is 48.5 Å². The lowest BCUT2D eigenvalue weighted by Crippen LogP contribution is -2.14. The van der Waals surface area contributed by atoms with Crippen molar-refractivity contribution in [3.63, 3.8) is 0 Å². The Labute approximate surface area is 124 Å². The summed E-state index contributed by atoms with van der Waals surface area (Å²) in [5.41, 5.74) is 2.23. The van der Waals surface area contributed by atoms with Gasteiger partial charge in [-0.25, -0.2) is 0 Å². The van der Waals surface area contributed by atoms with Gasteiger partial charge in [0.2, 0.25) is 5.91 Å². The maximum Gasteiger partial charge on any atom is 0.234 e. The highest BCUT2D eigenvalue weighted by atomic mass is 32.2. The van der Waals surface area contributed by atoms with Crippen molar-refractivity contribution in [3.05, 3.63) is 66.2 Å². The SMILES string of the molecule is O=C(CSCCCc1ccccc1)Nc1ccccc1. The third kappa shape index (κ3) is 5.49. The van der Waals surface area contributed by atoms with Crippen LogP contribution in [0.1, 0.15) is 12.0 Å². The quantitative estimate of drug-likeness (QED) is 0.779. The van der Waals surface area contributed by atoms with E-state index >= 15 is 0 Å². The molecular formula is C17H19NOS. The maximum atomic E-state index is 11.7. The molecule has 2 rings (SSSR count). The molecule has 0 saturated carbocycles. The Bertz CT molecular complexity index is 513. The molecule has 0 atom stereocenters. The Balaban J connectivity index is 1.58. The van der Waals surface area contributed by atoms with Gasteiger partial charge in [0.25, 0.3) is 0 Å². The van der Waals surface area contributed by atoms with E-state index in [1.807, 2.05) is 36.4 Å². The second-order valence-corrected chi connectivity index (χ2v) is 5.66. The number of thioether (sulfide) groups is 1. The van der Waals surface area contributed by atoms with Crippen molar-refractivity contribution in [2.24, 2.45) is 0 Å². The number of nitrogens with one attached hydrogen (secondary N) is 1. The Kier molecular flexibility index (Phi) is 6.18. The molecule has 0 aliphatic carbocycles. The summed E-state index contributed by atoms with van der Waals surface area (Å²) in [5.74, 6) is 1.60. The number of rotatable bonds is 7. The van der Waals surface area contributed by atoms with Crippen LogP contribution in [0.3, 0.4) is 0 Å². The summed E-state index contributed by atoms with van der Waals surface area (Å²) in [7, 11) is 0. The van der Waals surface area contributed by atoms with Crippen LogP contribution in [0.15, 0.2) is 60.7 Å². The molecule has 2 aromatic carbocycles. The van der Waals surface area contributed by atoms with Crippen LogP contribution >= 0.6 is 11.8 Å². The minimum absolute atomic E-state index is 0.0703. The minimum atomic E-state index is 0.0703. The number of para-hydroxylation sites is 1. The first kappa shape index (κ1) is 14.7. The summed E-state index contributed by atoms with van der Waals surface area (Å²) in [6, 6.07) is 20.0. The Morgan fingerprint density at radius 2 is 1.60 bits per heavy atom. The van der Waals surface area contributed by atoms with E-state index < -0.39 is 0 Å². The molecule has 2 nitrogen and oxygen atoms in total. The summed E-state index contributed by atoms with van der Waals surface area (Å²) in [6.07, 6.45) is 2.18. The third-order valence-corrected chi connectivity index (χ3v) is 3.93. The van der Waals surface area contributed by atoms with E-state index in [0.717, 1.165) is 24.3 Å². The average Bonchev–Trinajstić information content (AvgIpc) is 2.49. The van der Waals surface area contributed by atoms with Crippen LogP contribution in [-0.4, -0.2) is 17.4 Å². The van der Waals surface area contributed by atoms with Crippen molar-refractivity contribution in [2.75, 3.05) is 16.8 Å². The van der Waals surface area contributed by atoms with Gasteiger partial charge in [0, 0.05) is 5.69 Å². The number of carbonyl (C=O) groups is 1. The molecule has 20 heavy (non-hydrogen) atoms. The molecule has 104 valence electrons. The van der Waals surface area contributed by atoms with Crippen molar-refractivity contribution in [1.29, 1.82) is 0 Å². The number of aryl methyl sites for hydroxylation is 1. The van der Waals surface area contributed by atoms with Gasteiger partial charge in [-0.2, -0.15) is 11.8 Å².